The molecule has 0 heterocycles. The van der Waals surface area contributed by atoms with Crippen LogP contribution in [0, 0.1) is 0 Å². The van der Waals surface area contributed by atoms with Crippen molar-refractivity contribution in [3.05, 3.63) is 59.1 Å². The zero-order valence-electron chi connectivity index (χ0n) is 14.7. The third-order valence-corrected chi connectivity index (χ3v) is 5.32. The van der Waals surface area contributed by atoms with Gasteiger partial charge in [-0.3, -0.25) is 4.79 Å². The van der Waals surface area contributed by atoms with Gasteiger partial charge in [-0.2, -0.15) is 4.72 Å². The molecule has 1 amide bonds. The number of nitrogens with one attached hydrogen (secondary N) is 2. The molecule has 2 aromatic carbocycles. The van der Waals surface area contributed by atoms with Crippen LogP contribution in [0.2, 0.25) is 5.02 Å². The number of hydrogen-bond acceptors (Lipinski definition) is 5. The Balaban J connectivity index is 2.01. The van der Waals surface area contributed by atoms with Gasteiger partial charge in [-0.15, -0.1) is 0 Å². The van der Waals surface area contributed by atoms with Gasteiger partial charge in [0.25, 0.3) is 0 Å². The molecular formula is C18H19ClN2O5S. The highest BCUT2D eigenvalue weighted by Gasteiger charge is 2.22. The van der Waals surface area contributed by atoms with Crippen molar-refractivity contribution in [2.24, 2.45) is 0 Å². The maximum atomic E-state index is 12.3. The van der Waals surface area contributed by atoms with Crippen LogP contribution in [0.1, 0.15) is 24.2 Å². The monoisotopic (exact) mass is 410 g/mol. The topological polar surface area (TPSA) is 102 Å². The van der Waals surface area contributed by atoms with E-state index in [1.165, 1.54) is 55.5 Å². The van der Waals surface area contributed by atoms with E-state index in [0.29, 0.717) is 16.3 Å². The normalized spacial score (nSPS) is 12.3. The molecule has 0 saturated heterocycles. The summed E-state index contributed by atoms with van der Waals surface area (Å²) in [4.78, 5) is 23.9. The van der Waals surface area contributed by atoms with Crippen molar-refractivity contribution in [2.45, 2.75) is 24.8 Å². The van der Waals surface area contributed by atoms with Crippen molar-refractivity contribution in [1.29, 1.82) is 0 Å². The van der Waals surface area contributed by atoms with Gasteiger partial charge in [0.2, 0.25) is 15.9 Å². The molecule has 0 radical (unpaired) electrons. The Kier molecular flexibility index (Phi) is 6.95. The first-order valence-corrected chi connectivity index (χ1v) is 9.95. The van der Waals surface area contributed by atoms with E-state index in [2.05, 4.69) is 10.0 Å². The second-order valence-corrected chi connectivity index (χ2v) is 7.73. The lowest BCUT2D eigenvalue weighted by molar-refractivity contribution is -0.117. The van der Waals surface area contributed by atoms with Crippen LogP contribution >= 0.6 is 11.6 Å². The minimum Gasteiger partial charge on any atom is -0.462 e. The summed E-state index contributed by atoms with van der Waals surface area (Å²) >= 11 is 5.75. The van der Waals surface area contributed by atoms with E-state index >= 15 is 0 Å². The van der Waals surface area contributed by atoms with E-state index in [0.717, 1.165) is 0 Å². The molecular weight excluding hydrogens is 392 g/mol. The average Bonchev–Trinajstić information content (AvgIpc) is 2.62. The number of sulfonamides is 1. The molecule has 0 aromatic heterocycles. The third kappa shape index (κ3) is 5.78. The zero-order chi connectivity index (χ0) is 20.0. The molecule has 7 nitrogen and oxygen atoms in total. The van der Waals surface area contributed by atoms with Crippen molar-refractivity contribution in [1.82, 2.24) is 4.72 Å². The largest absolute Gasteiger partial charge is 0.462 e. The Morgan fingerprint density at radius 2 is 1.67 bits per heavy atom. The van der Waals surface area contributed by atoms with Gasteiger partial charge in [0.15, 0.2) is 0 Å². The Morgan fingerprint density at radius 1 is 1.07 bits per heavy atom. The van der Waals surface area contributed by atoms with Gasteiger partial charge in [-0.1, -0.05) is 11.6 Å². The number of amides is 1. The summed E-state index contributed by atoms with van der Waals surface area (Å²) in [5.41, 5.74) is 0.775. The van der Waals surface area contributed by atoms with E-state index in [9.17, 15) is 18.0 Å². The molecule has 9 heteroatoms. The van der Waals surface area contributed by atoms with E-state index in [1.807, 2.05) is 0 Å². The number of anilines is 1. The lowest BCUT2D eigenvalue weighted by Gasteiger charge is -2.14. The summed E-state index contributed by atoms with van der Waals surface area (Å²) in [6.45, 7) is 3.40. The predicted molar refractivity (Wildman–Crippen MR) is 102 cm³/mol. The molecule has 1 atom stereocenters. The molecule has 0 aliphatic carbocycles. The second kappa shape index (κ2) is 8.98. The molecule has 27 heavy (non-hydrogen) atoms. The Hall–Kier alpha value is -2.42. The number of carbonyl (C=O) groups excluding carboxylic acids is 2. The van der Waals surface area contributed by atoms with Crippen molar-refractivity contribution in [3.8, 4) is 0 Å². The molecule has 144 valence electrons. The molecule has 2 aromatic rings. The summed E-state index contributed by atoms with van der Waals surface area (Å²) in [5.74, 6) is -1.00. The van der Waals surface area contributed by atoms with Crippen LogP contribution < -0.4 is 10.0 Å². The first-order chi connectivity index (χ1) is 12.7. The smallest absolute Gasteiger partial charge is 0.338 e. The lowest BCUT2D eigenvalue weighted by atomic mass is 10.2. The van der Waals surface area contributed by atoms with Crippen molar-refractivity contribution in [2.75, 3.05) is 11.9 Å². The molecule has 2 N–H and O–H groups in total. The zero-order valence-corrected chi connectivity index (χ0v) is 16.3. The van der Waals surface area contributed by atoms with E-state index in [1.54, 1.807) is 6.92 Å². The van der Waals surface area contributed by atoms with Crippen LogP contribution in [-0.2, 0) is 19.6 Å². The Bertz CT molecular complexity index is 912. The second-order valence-electron chi connectivity index (χ2n) is 5.58. The van der Waals surface area contributed by atoms with Gasteiger partial charge < -0.3 is 10.1 Å². The lowest BCUT2D eigenvalue weighted by Crippen LogP contribution is -2.41. The standard InChI is InChI=1S/C18H19ClN2O5S/c1-3-26-18(23)13-4-8-15(9-5-13)20-17(22)12(2)21-27(24,25)16-10-6-14(19)7-11-16/h4-12,21H,3H2,1-2H3,(H,20,22)/t12-/m1/s1. The fourth-order valence-electron chi connectivity index (χ4n) is 2.12. The van der Waals surface area contributed by atoms with Crippen molar-refractivity contribution < 1.29 is 22.7 Å². The van der Waals surface area contributed by atoms with Gasteiger partial charge in [-0.05, 0) is 62.4 Å². The molecule has 0 saturated carbocycles. The summed E-state index contributed by atoms with van der Waals surface area (Å²) in [7, 11) is -3.87. The van der Waals surface area contributed by atoms with E-state index in [4.69, 9.17) is 16.3 Å². The molecule has 2 rings (SSSR count). The first-order valence-electron chi connectivity index (χ1n) is 8.09. The third-order valence-electron chi connectivity index (χ3n) is 3.51. The summed E-state index contributed by atoms with van der Waals surface area (Å²) in [6, 6.07) is 10.7. The number of halogens is 1. The molecule has 0 fully saturated rings. The molecule has 0 aliphatic heterocycles. The number of esters is 1. The van der Waals surface area contributed by atoms with Gasteiger partial charge in [-0.25, -0.2) is 13.2 Å². The summed E-state index contributed by atoms with van der Waals surface area (Å²) < 4.78 is 31.8. The quantitative estimate of drug-likeness (QED) is 0.683. The number of rotatable bonds is 7. The number of carbonyl (C=O) groups is 2. The number of ether oxygens (including phenoxy) is 1. The highest BCUT2D eigenvalue weighted by molar-refractivity contribution is 7.89. The molecule has 0 unspecified atom stereocenters. The summed E-state index contributed by atoms with van der Waals surface area (Å²) in [6.07, 6.45) is 0. The van der Waals surface area contributed by atoms with Gasteiger partial charge in [0.1, 0.15) is 0 Å². The maximum Gasteiger partial charge on any atom is 0.338 e. The van der Waals surface area contributed by atoms with Gasteiger partial charge >= 0.3 is 5.97 Å². The van der Waals surface area contributed by atoms with Crippen LogP contribution in [0.25, 0.3) is 0 Å². The van der Waals surface area contributed by atoms with Gasteiger partial charge in [0, 0.05) is 10.7 Å². The highest BCUT2D eigenvalue weighted by Crippen LogP contribution is 2.15. The minimum atomic E-state index is -3.87. The van der Waals surface area contributed by atoms with Gasteiger partial charge in [0.05, 0.1) is 23.1 Å². The van der Waals surface area contributed by atoms with Crippen LogP contribution in [0.5, 0.6) is 0 Å². The van der Waals surface area contributed by atoms with Crippen LogP contribution in [0.3, 0.4) is 0 Å². The fraction of sp³-hybridized carbons (Fsp3) is 0.222. The Labute approximate surface area is 162 Å². The number of benzene rings is 2. The maximum absolute atomic E-state index is 12.3. The van der Waals surface area contributed by atoms with Crippen molar-refractivity contribution in [3.63, 3.8) is 0 Å². The SMILES string of the molecule is CCOC(=O)c1ccc(NC(=O)[C@@H](C)NS(=O)(=O)c2ccc(Cl)cc2)cc1. The van der Waals surface area contributed by atoms with Crippen LogP contribution in [0.4, 0.5) is 5.69 Å². The molecule has 0 spiro atoms. The summed E-state index contributed by atoms with van der Waals surface area (Å²) in [5, 5.41) is 2.99. The van der Waals surface area contributed by atoms with E-state index < -0.39 is 27.9 Å². The van der Waals surface area contributed by atoms with Crippen molar-refractivity contribution >= 4 is 39.2 Å². The number of hydrogen-bond donors (Lipinski definition) is 2. The predicted octanol–water partition coefficient (Wildman–Crippen LogP) is 2.82. The first kappa shape index (κ1) is 20.9. The fourth-order valence-corrected chi connectivity index (χ4v) is 3.45. The van der Waals surface area contributed by atoms with Crippen LogP contribution in [-0.4, -0.2) is 32.9 Å². The van der Waals surface area contributed by atoms with E-state index in [-0.39, 0.29) is 11.5 Å². The highest BCUT2D eigenvalue weighted by atomic mass is 35.5. The molecule has 0 bridgehead atoms. The minimum absolute atomic E-state index is 0.00494. The average molecular weight is 411 g/mol. The Morgan fingerprint density at radius 3 is 2.22 bits per heavy atom. The van der Waals surface area contributed by atoms with Crippen LogP contribution in [0.15, 0.2) is 53.4 Å². The molecule has 0 aliphatic rings.